The fourth-order valence-corrected chi connectivity index (χ4v) is 3.71. The molecule has 0 radical (unpaired) electrons. The number of aliphatic hydroxyl groups is 1. The molecule has 2 heterocycles. The number of nitrogens with zero attached hydrogens (tertiary/aromatic N) is 3. The quantitative estimate of drug-likeness (QED) is 0.415. The lowest BCUT2D eigenvalue weighted by atomic mass is 10.1. The molecule has 152 valence electrons. The molecular formula is C20H29IN6O. The molecule has 1 aromatic heterocycles. The monoisotopic (exact) mass is 496 g/mol. The Hall–Kier alpha value is -1.81. The van der Waals surface area contributed by atoms with Gasteiger partial charge in [0.2, 0.25) is 5.95 Å². The highest BCUT2D eigenvalue weighted by atomic mass is 127. The average Bonchev–Trinajstić information content (AvgIpc) is 3.08. The molecule has 1 aliphatic heterocycles. The van der Waals surface area contributed by atoms with Crippen LogP contribution in [-0.2, 0) is 6.54 Å². The third kappa shape index (κ3) is 4.78. The third-order valence-corrected chi connectivity index (χ3v) is 5.55. The first-order valence-electron chi connectivity index (χ1n) is 9.67. The molecule has 3 rings (SSSR count). The minimum Gasteiger partial charge on any atom is -0.394 e. The fourth-order valence-electron chi connectivity index (χ4n) is 3.10. The van der Waals surface area contributed by atoms with Gasteiger partial charge in [0.15, 0.2) is 11.6 Å². The molecule has 7 nitrogen and oxygen atoms in total. The number of nitrogens with one attached hydrogen (secondary N) is 3. The number of hydrogen-bond donors (Lipinski definition) is 4. The normalized spacial score (nSPS) is 14.2. The number of fused-ring (bicyclic) bond motifs is 1. The van der Waals surface area contributed by atoms with Gasteiger partial charge in [-0.15, -0.1) is 0 Å². The van der Waals surface area contributed by atoms with Gasteiger partial charge in [-0.1, -0.05) is 26.0 Å². The molecule has 0 bridgehead atoms. The number of anilines is 4. The van der Waals surface area contributed by atoms with Crippen molar-refractivity contribution >= 4 is 45.9 Å². The SMILES string of the molecule is CC(C)[C@H](CO)Nc1nc(NCc2cccc(I)c2)c2c(n1)N(C(C)C)CN2. The highest BCUT2D eigenvalue weighted by Gasteiger charge is 2.27. The van der Waals surface area contributed by atoms with E-state index in [-0.39, 0.29) is 18.6 Å². The minimum atomic E-state index is -0.0940. The van der Waals surface area contributed by atoms with E-state index in [9.17, 15) is 5.11 Å². The van der Waals surface area contributed by atoms with Crippen molar-refractivity contribution in [1.29, 1.82) is 0 Å². The molecule has 28 heavy (non-hydrogen) atoms. The summed E-state index contributed by atoms with van der Waals surface area (Å²) in [7, 11) is 0. The van der Waals surface area contributed by atoms with Crippen molar-refractivity contribution in [3.8, 4) is 0 Å². The molecule has 4 N–H and O–H groups in total. The second-order valence-corrected chi connectivity index (χ2v) is 8.90. The van der Waals surface area contributed by atoms with Crippen molar-refractivity contribution < 1.29 is 5.11 Å². The van der Waals surface area contributed by atoms with Crippen LogP contribution >= 0.6 is 22.6 Å². The highest BCUT2D eigenvalue weighted by Crippen LogP contribution is 2.37. The van der Waals surface area contributed by atoms with Crippen LogP contribution in [0.25, 0.3) is 0 Å². The molecule has 8 heteroatoms. The van der Waals surface area contributed by atoms with E-state index < -0.39 is 0 Å². The first-order chi connectivity index (χ1) is 13.4. The van der Waals surface area contributed by atoms with E-state index in [2.05, 4.69) is 95.4 Å². The van der Waals surface area contributed by atoms with Gasteiger partial charge in [-0.25, -0.2) is 0 Å². The predicted octanol–water partition coefficient (Wildman–Crippen LogP) is 3.72. The van der Waals surface area contributed by atoms with Crippen molar-refractivity contribution in [3.05, 3.63) is 33.4 Å². The Balaban J connectivity index is 1.90. The standard InChI is InChI=1S/C20H29IN6O/c1-12(2)16(10-28)24-20-25-18(22-9-14-6-5-7-15(21)8-14)17-19(26-20)27(11-23-17)13(3)4/h5-8,12-13,16,23,28H,9-11H2,1-4H3,(H2,22,24,25,26)/t16-/m0/s1. The van der Waals surface area contributed by atoms with E-state index in [1.165, 1.54) is 9.13 Å². The van der Waals surface area contributed by atoms with Gasteiger partial charge in [-0.05, 0) is 60.1 Å². The highest BCUT2D eigenvalue weighted by molar-refractivity contribution is 14.1. The maximum atomic E-state index is 9.68. The van der Waals surface area contributed by atoms with Crippen molar-refractivity contribution in [1.82, 2.24) is 9.97 Å². The minimum absolute atomic E-state index is 0.0372. The number of halogens is 1. The number of hydrogen-bond acceptors (Lipinski definition) is 7. The summed E-state index contributed by atoms with van der Waals surface area (Å²) in [6.45, 7) is 9.85. The number of rotatable bonds is 8. The van der Waals surface area contributed by atoms with Crippen LogP contribution in [0.2, 0.25) is 0 Å². The molecular weight excluding hydrogens is 467 g/mol. The van der Waals surface area contributed by atoms with E-state index in [1.54, 1.807) is 0 Å². The zero-order valence-electron chi connectivity index (χ0n) is 16.8. The van der Waals surface area contributed by atoms with Crippen LogP contribution in [0, 0.1) is 9.49 Å². The molecule has 0 aliphatic carbocycles. The smallest absolute Gasteiger partial charge is 0.227 e. The molecule has 1 atom stereocenters. The lowest BCUT2D eigenvalue weighted by Crippen LogP contribution is -2.32. The van der Waals surface area contributed by atoms with Gasteiger partial charge in [0.1, 0.15) is 5.69 Å². The van der Waals surface area contributed by atoms with Crippen molar-refractivity contribution in [2.75, 3.05) is 34.1 Å². The topological polar surface area (TPSA) is 85.3 Å². The van der Waals surface area contributed by atoms with Crippen LogP contribution in [0.1, 0.15) is 33.3 Å². The van der Waals surface area contributed by atoms with Crippen LogP contribution in [0.15, 0.2) is 24.3 Å². The Bertz CT molecular complexity index is 813. The van der Waals surface area contributed by atoms with Gasteiger partial charge in [0, 0.05) is 16.2 Å². The molecule has 1 aromatic carbocycles. The van der Waals surface area contributed by atoms with Gasteiger partial charge < -0.3 is 26.0 Å². The Morgan fingerprint density at radius 2 is 2.04 bits per heavy atom. The maximum Gasteiger partial charge on any atom is 0.227 e. The van der Waals surface area contributed by atoms with Crippen molar-refractivity contribution in [2.24, 2.45) is 5.92 Å². The van der Waals surface area contributed by atoms with Crippen molar-refractivity contribution in [2.45, 2.75) is 46.3 Å². The van der Waals surface area contributed by atoms with Gasteiger partial charge in [0.25, 0.3) is 0 Å². The summed E-state index contributed by atoms with van der Waals surface area (Å²) in [5.41, 5.74) is 2.12. The van der Waals surface area contributed by atoms with Gasteiger partial charge in [-0.2, -0.15) is 9.97 Å². The summed E-state index contributed by atoms with van der Waals surface area (Å²) in [6.07, 6.45) is 0. The molecule has 0 spiro atoms. The summed E-state index contributed by atoms with van der Waals surface area (Å²) in [6, 6.07) is 8.62. The molecule has 1 aliphatic rings. The lowest BCUT2D eigenvalue weighted by molar-refractivity contribution is 0.248. The molecule has 0 amide bonds. The third-order valence-electron chi connectivity index (χ3n) is 4.88. The van der Waals surface area contributed by atoms with Gasteiger partial charge in [-0.3, -0.25) is 0 Å². The first kappa shape index (κ1) is 20.9. The molecule has 2 aromatic rings. The zero-order valence-corrected chi connectivity index (χ0v) is 19.0. The Morgan fingerprint density at radius 1 is 1.25 bits per heavy atom. The van der Waals surface area contributed by atoms with E-state index in [4.69, 9.17) is 9.97 Å². The second kappa shape index (κ2) is 9.13. The lowest BCUT2D eigenvalue weighted by Gasteiger charge is -2.24. The fraction of sp³-hybridized carbons (Fsp3) is 0.500. The van der Waals surface area contributed by atoms with E-state index in [1.807, 2.05) is 0 Å². The van der Waals surface area contributed by atoms with E-state index in [0.717, 1.165) is 17.3 Å². The maximum absolute atomic E-state index is 9.68. The van der Waals surface area contributed by atoms with Crippen LogP contribution in [0.3, 0.4) is 0 Å². The average molecular weight is 496 g/mol. The van der Waals surface area contributed by atoms with E-state index >= 15 is 0 Å². The summed E-state index contributed by atoms with van der Waals surface area (Å²) < 4.78 is 1.21. The second-order valence-electron chi connectivity index (χ2n) is 7.65. The van der Waals surface area contributed by atoms with Gasteiger partial charge >= 0.3 is 0 Å². The predicted molar refractivity (Wildman–Crippen MR) is 124 cm³/mol. The van der Waals surface area contributed by atoms with E-state index in [0.29, 0.717) is 25.2 Å². The number of aliphatic hydroxyl groups excluding tert-OH is 1. The van der Waals surface area contributed by atoms with Crippen LogP contribution in [-0.4, -0.2) is 40.4 Å². The Labute approximate surface area is 180 Å². The summed E-state index contributed by atoms with van der Waals surface area (Å²) in [5, 5.41) is 19.9. The molecule has 0 unspecified atom stereocenters. The summed E-state index contributed by atoms with van der Waals surface area (Å²) in [4.78, 5) is 11.7. The molecule has 0 saturated heterocycles. The number of aromatic nitrogens is 2. The summed E-state index contributed by atoms with van der Waals surface area (Å²) >= 11 is 2.32. The first-order valence-corrected chi connectivity index (χ1v) is 10.7. The van der Waals surface area contributed by atoms with Crippen LogP contribution < -0.4 is 20.9 Å². The molecule has 0 fully saturated rings. The van der Waals surface area contributed by atoms with Crippen molar-refractivity contribution in [3.63, 3.8) is 0 Å². The Kier molecular flexibility index (Phi) is 6.82. The Morgan fingerprint density at radius 3 is 2.68 bits per heavy atom. The van der Waals surface area contributed by atoms with Crippen LogP contribution in [0.5, 0.6) is 0 Å². The molecule has 0 saturated carbocycles. The van der Waals surface area contributed by atoms with Gasteiger partial charge in [0.05, 0.1) is 19.3 Å². The van der Waals surface area contributed by atoms with Crippen LogP contribution in [0.4, 0.5) is 23.3 Å². The largest absolute Gasteiger partial charge is 0.394 e. The number of benzene rings is 1. The summed E-state index contributed by atoms with van der Waals surface area (Å²) in [5.74, 6) is 2.46. The zero-order chi connectivity index (χ0) is 20.3.